The maximum atomic E-state index is 13.6. The van der Waals surface area contributed by atoms with Gasteiger partial charge in [-0.2, -0.15) is 0 Å². The van der Waals surface area contributed by atoms with Gasteiger partial charge in [-0.3, -0.25) is 4.79 Å². The van der Waals surface area contributed by atoms with E-state index < -0.39 is 0 Å². The van der Waals surface area contributed by atoms with E-state index in [2.05, 4.69) is 5.32 Å². The van der Waals surface area contributed by atoms with Gasteiger partial charge in [0, 0.05) is 12.1 Å². The van der Waals surface area contributed by atoms with Crippen LogP contribution in [0.1, 0.15) is 25.0 Å². The first-order valence-electron chi connectivity index (χ1n) is 7.95. The number of nitrogens with one attached hydrogen (secondary N) is 1. The maximum absolute atomic E-state index is 13.6. The van der Waals surface area contributed by atoms with Crippen LogP contribution in [-0.4, -0.2) is 11.9 Å². The highest BCUT2D eigenvalue weighted by Gasteiger charge is 2.18. The van der Waals surface area contributed by atoms with Crippen LogP contribution in [0, 0.1) is 11.7 Å². The van der Waals surface area contributed by atoms with Gasteiger partial charge < -0.3 is 15.8 Å². The van der Waals surface area contributed by atoms with Gasteiger partial charge in [0.2, 0.25) is 5.91 Å². The molecule has 2 rings (SSSR count). The Morgan fingerprint density at radius 3 is 2.62 bits per heavy atom. The SMILES string of the molecule is CC(C)C(NCc1cccc(OCc2ccccc2F)c1)C(N)=O. The average Bonchev–Trinajstić information content (AvgIpc) is 2.54. The second-order valence-corrected chi connectivity index (χ2v) is 6.03. The first-order chi connectivity index (χ1) is 11.5. The van der Waals surface area contributed by atoms with E-state index in [1.165, 1.54) is 6.07 Å². The Kier molecular flexibility index (Phi) is 6.32. The molecule has 24 heavy (non-hydrogen) atoms. The summed E-state index contributed by atoms with van der Waals surface area (Å²) in [5, 5.41) is 3.15. The third kappa shape index (κ3) is 5.06. The standard InChI is InChI=1S/C19H23FN2O2/c1-13(2)18(19(21)23)22-11-14-6-5-8-16(10-14)24-12-15-7-3-4-9-17(15)20/h3-10,13,18,22H,11-12H2,1-2H3,(H2,21,23). The van der Waals surface area contributed by atoms with Crippen LogP contribution in [0.3, 0.4) is 0 Å². The first-order valence-corrected chi connectivity index (χ1v) is 7.95. The third-order valence-corrected chi connectivity index (χ3v) is 3.75. The normalized spacial score (nSPS) is 12.2. The Hall–Kier alpha value is -2.40. The topological polar surface area (TPSA) is 64.3 Å². The fraction of sp³-hybridized carbons (Fsp3) is 0.316. The van der Waals surface area contributed by atoms with Gasteiger partial charge in [-0.25, -0.2) is 4.39 Å². The molecule has 0 radical (unpaired) electrons. The number of rotatable bonds is 8. The predicted molar refractivity (Wildman–Crippen MR) is 91.8 cm³/mol. The molecule has 1 atom stereocenters. The zero-order valence-corrected chi connectivity index (χ0v) is 14.0. The van der Waals surface area contributed by atoms with E-state index in [9.17, 15) is 9.18 Å². The number of hydrogen-bond acceptors (Lipinski definition) is 3. The molecular weight excluding hydrogens is 307 g/mol. The molecule has 128 valence electrons. The van der Waals surface area contributed by atoms with Crippen molar-refractivity contribution in [2.75, 3.05) is 0 Å². The summed E-state index contributed by atoms with van der Waals surface area (Å²) in [6, 6.07) is 13.6. The number of amides is 1. The molecule has 0 saturated heterocycles. The molecule has 3 N–H and O–H groups in total. The number of hydrogen-bond donors (Lipinski definition) is 2. The molecule has 2 aromatic carbocycles. The monoisotopic (exact) mass is 330 g/mol. The van der Waals surface area contributed by atoms with E-state index >= 15 is 0 Å². The van der Waals surface area contributed by atoms with Crippen molar-refractivity contribution in [1.29, 1.82) is 0 Å². The molecule has 0 saturated carbocycles. The highest BCUT2D eigenvalue weighted by molar-refractivity contribution is 5.80. The van der Waals surface area contributed by atoms with E-state index in [0.29, 0.717) is 17.9 Å². The van der Waals surface area contributed by atoms with E-state index in [1.807, 2.05) is 38.1 Å². The number of primary amides is 1. The Morgan fingerprint density at radius 2 is 1.96 bits per heavy atom. The summed E-state index contributed by atoms with van der Waals surface area (Å²) < 4.78 is 19.3. The smallest absolute Gasteiger partial charge is 0.234 e. The number of nitrogens with two attached hydrogens (primary N) is 1. The Labute approximate surface area is 141 Å². The third-order valence-electron chi connectivity index (χ3n) is 3.75. The van der Waals surface area contributed by atoms with Gasteiger partial charge in [0.15, 0.2) is 0 Å². The van der Waals surface area contributed by atoms with Crippen molar-refractivity contribution < 1.29 is 13.9 Å². The predicted octanol–water partition coefficient (Wildman–Crippen LogP) is 3.00. The molecule has 0 bridgehead atoms. The molecule has 1 amide bonds. The molecule has 0 aromatic heterocycles. The molecular formula is C19H23FN2O2. The number of carbonyl (C=O) groups excluding carboxylic acids is 1. The molecule has 5 heteroatoms. The van der Waals surface area contributed by atoms with Crippen LogP contribution in [0.15, 0.2) is 48.5 Å². The van der Waals surface area contributed by atoms with Crippen molar-refractivity contribution in [3.05, 3.63) is 65.5 Å². The lowest BCUT2D eigenvalue weighted by Gasteiger charge is -2.19. The van der Waals surface area contributed by atoms with Crippen LogP contribution in [0.25, 0.3) is 0 Å². The molecule has 0 aliphatic rings. The summed E-state index contributed by atoms with van der Waals surface area (Å²) >= 11 is 0. The molecule has 0 aliphatic carbocycles. The lowest BCUT2D eigenvalue weighted by atomic mass is 10.0. The number of ether oxygens (including phenoxy) is 1. The van der Waals surface area contributed by atoms with Crippen molar-refractivity contribution in [1.82, 2.24) is 5.32 Å². The zero-order valence-electron chi connectivity index (χ0n) is 14.0. The minimum atomic E-state index is -0.381. The van der Waals surface area contributed by atoms with E-state index in [4.69, 9.17) is 10.5 Å². The minimum absolute atomic E-state index is 0.114. The van der Waals surface area contributed by atoms with Crippen LogP contribution in [0.4, 0.5) is 4.39 Å². The van der Waals surface area contributed by atoms with Crippen LogP contribution in [0.2, 0.25) is 0 Å². The van der Waals surface area contributed by atoms with Crippen LogP contribution < -0.4 is 15.8 Å². The lowest BCUT2D eigenvalue weighted by Crippen LogP contribution is -2.44. The molecule has 0 fully saturated rings. The lowest BCUT2D eigenvalue weighted by molar-refractivity contribution is -0.121. The molecule has 1 unspecified atom stereocenters. The van der Waals surface area contributed by atoms with Gasteiger partial charge in [-0.1, -0.05) is 44.2 Å². The minimum Gasteiger partial charge on any atom is -0.489 e. The van der Waals surface area contributed by atoms with Crippen LogP contribution in [0.5, 0.6) is 5.75 Å². The van der Waals surface area contributed by atoms with Gasteiger partial charge in [0.1, 0.15) is 18.2 Å². The zero-order chi connectivity index (χ0) is 17.5. The molecule has 4 nitrogen and oxygen atoms in total. The van der Waals surface area contributed by atoms with E-state index in [0.717, 1.165) is 5.56 Å². The molecule has 2 aromatic rings. The first kappa shape index (κ1) is 17.9. The second kappa shape index (κ2) is 8.45. The molecule has 0 aliphatic heterocycles. The summed E-state index contributed by atoms with van der Waals surface area (Å²) in [6.45, 7) is 4.55. The highest BCUT2D eigenvalue weighted by atomic mass is 19.1. The molecule has 0 heterocycles. The van der Waals surface area contributed by atoms with Gasteiger partial charge in [0.05, 0.1) is 6.04 Å². The van der Waals surface area contributed by atoms with E-state index in [1.54, 1.807) is 18.2 Å². The van der Waals surface area contributed by atoms with Crippen molar-refractivity contribution in [3.8, 4) is 5.75 Å². The van der Waals surface area contributed by atoms with Crippen molar-refractivity contribution in [2.45, 2.75) is 33.0 Å². The van der Waals surface area contributed by atoms with Gasteiger partial charge >= 0.3 is 0 Å². The quantitative estimate of drug-likeness (QED) is 0.782. The largest absolute Gasteiger partial charge is 0.489 e. The summed E-state index contributed by atoms with van der Waals surface area (Å²) in [6.07, 6.45) is 0. The Morgan fingerprint density at radius 1 is 1.21 bits per heavy atom. The summed E-state index contributed by atoms with van der Waals surface area (Å²) in [5.41, 5.74) is 6.87. The fourth-order valence-corrected chi connectivity index (χ4v) is 2.41. The van der Waals surface area contributed by atoms with Crippen LogP contribution in [-0.2, 0) is 17.9 Å². The summed E-state index contributed by atoms with van der Waals surface area (Å²) in [5.74, 6) is 0.120. The molecule has 0 spiro atoms. The average molecular weight is 330 g/mol. The van der Waals surface area contributed by atoms with Crippen LogP contribution >= 0.6 is 0 Å². The number of benzene rings is 2. The summed E-state index contributed by atoms with van der Waals surface area (Å²) in [4.78, 5) is 11.4. The van der Waals surface area contributed by atoms with E-state index in [-0.39, 0.29) is 30.3 Å². The highest BCUT2D eigenvalue weighted by Crippen LogP contribution is 2.17. The van der Waals surface area contributed by atoms with Crippen molar-refractivity contribution >= 4 is 5.91 Å². The Balaban J connectivity index is 1.96. The van der Waals surface area contributed by atoms with Gasteiger partial charge in [0.25, 0.3) is 0 Å². The van der Waals surface area contributed by atoms with Crippen molar-refractivity contribution in [3.63, 3.8) is 0 Å². The maximum Gasteiger partial charge on any atom is 0.234 e. The number of carbonyl (C=O) groups is 1. The second-order valence-electron chi connectivity index (χ2n) is 6.03. The summed E-state index contributed by atoms with van der Waals surface area (Å²) in [7, 11) is 0. The number of halogens is 1. The van der Waals surface area contributed by atoms with Crippen molar-refractivity contribution in [2.24, 2.45) is 11.7 Å². The van der Waals surface area contributed by atoms with Gasteiger partial charge in [-0.15, -0.1) is 0 Å². The Bertz CT molecular complexity index is 689. The fourth-order valence-electron chi connectivity index (χ4n) is 2.41. The van der Waals surface area contributed by atoms with Gasteiger partial charge in [-0.05, 0) is 29.7 Å².